The Morgan fingerprint density at radius 1 is 1.30 bits per heavy atom. The second-order valence-corrected chi connectivity index (χ2v) is 2.81. The predicted octanol–water partition coefficient (Wildman–Crippen LogP) is 0.0772. The molecule has 0 rings (SSSR count). The summed E-state index contributed by atoms with van der Waals surface area (Å²) in [6.07, 6.45) is 0. The minimum absolute atomic E-state index is 0.977. The highest BCUT2D eigenvalue weighted by atomic mass is 127. The van der Waals surface area contributed by atoms with Crippen molar-refractivity contribution >= 4 is 22.6 Å². The second-order valence-electron chi connectivity index (χ2n) is 2.13. The number of rotatable bonds is 6. The van der Waals surface area contributed by atoms with Crippen molar-refractivity contribution in [3.8, 4) is 0 Å². The lowest BCUT2D eigenvalue weighted by Gasteiger charge is -2.17. The van der Waals surface area contributed by atoms with Gasteiger partial charge in [0.05, 0.1) is 4.55 Å². The molecule has 0 aliphatic carbocycles. The van der Waals surface area contributed by atoms with Crippen molar-refractivity contribution < 1.29 is 0 Å². The van der Waals surface area contributed by atoms with E-state index in [-0.39, 0.29) is 0 Å². The van der Waals surface area contributed by atoms with Crippen molar-refractivity contribution in [1.29, 1.82) is 0 Å². The summed E-state index contributed by atoms with van der Waals surface area (Å²) in [5.41, 5.74) is 0. The highest BCUT2D eigenvalue weighted by molar-refractivity contribution is 14.1. The zero-order valence-electron chi connectivity index (χ0n) is 6.65. The molecule has 2 N–H and O–H groups in total. The fourth-order valence-electron chi connectivity index (χ4n) is 0.675. The first-order valence-corrected chi connectivity index (χ1v) is 4.95. The molecule has 3 nitrogen and oxygen atoms in total. The van der Waals surface area contributed by atoms with Gasteiger partial charge in [-0.3, -0.25) is 4.90 Å². The molecule has 0 atom stereocenters. The molecular formula is C6H16IN3. The van der Waals surface area contributed by atoms with Crippen molar-refractivity contribution in [1.82, 2.24) is 15.5 Å². The Morgan fingerprint density at radius 2 is 2.00 bits per heavy atom. The number of alkyl halides is 1. The number of nitrogens with zero attached hydrogens (tertiary/aromatic N) is 1. The van der Waals surface area contributed by atoms with Gasteiger partial charge in [0.25, 0.3) is 0 Å². The molecule has 10 heavy (non-hydrogen) atoms. The van der Waals surface area contributed by atoms with Gasteiger partial charge in [-0.2, -0.15) is 0 Å². The van der Waals surface area contributed by atoms with E-state index >= 15 is 0 Å². The molecule has 0 aliphatic rings. The molecule has 0 saturated heterocycles. The third-order valence-corrected chi connectivity index (χ3v) is 2.19. The highest BCUT2D eigenvalue weighted by Crippen LogP contribution is 1.89. The van der Waals surface area contributed by atoms with Crippen LogP contribution in [0.3, 0.4) is 0 Å². The molecule has 0 heterocycles. The Hall–Kier alpha value is 0.610. The normalized spacial score (nSPS) is 10.8. The van der Waals surface area contributed by atoms with Crippen LogP contribution in [0.4, 0.5) is 0 Å². The molecule has 0 saturated carbocycles. The summed E-state index contributed by atoms with van der Waals surface area (Å²) < 4.78 is 1.08. The molecule has 62 valence electrons. The highest BCUT2D eigenvalue weighted by Gasteiger charge is 1.97. The Morgan fingerprint density at radius 3 is 2.40 bits per heavy atom. The maximum Gasteiger partial charge on any atom is 0.0518 e. The third-order valence-electron chi connectivity index (χ3n) is 1.23. The van der Waals surface area contributed by atoms with E-state index in [1.165, 1.54) is 0 Å². The Bertz CT molecular complexity index is 70.0. The van der Waals surface area contributed by atoms with Gasteiger partial charge in [0.1, 0.15) is 0 Å². The second kappa shape index (κ2) is 7.71. The standard InChI is InChI=1S/C6H16IN3/c1-8-3-4-10(5-7)6-9-2/h8-9H,3-6H2,1-2H3. The van der Waals surface area contributed by atoms with Crippen molar-refractivity contribution in [2.45, 2.75) is 0 Å². The summed E-state index contributed by atoms with van der Waals surface area (Å²) in [5.74, 6) is 0. The SMILES string of the molecule is CNCCN(CI)CNC. The number of likely N-dealkylation sites (N-methyl/N-ethyl adjacent to an activating group) is 1. The molecule has 0 aliphatic heterocycles. The zero-order valence-corrected chi connectivity index (χ0v) is 8.81. The van der Waals surface area contributed by atoms with Crippen LogP contribution in [0.25, 0.3) is 0 Å². The van der Waals surface area contributed by atoms with E-state index in [1.807, 2.05) is 14.1 Å². The molecule has 0 radical (unpaired) electrons. The number of hydrogen-bond donors (Lipinski definition) is 2. The van der Waals surface area contributed by atoms with Crippen LogP contribution < -0.4 is 10.6 Å². The fourth-order valence-corrected chi connectivity index (χ4v) is 1.26. The maximum atomic E-state index is 3.12. The van der Waals surface area contributed by atoms with Gasteiger partial charge in [-0.15, -0.1) is 0 Å². The first-order valence-electron chi connectivity index (χ1n) is 3.42. The van der Waals surface area contributed by atoms with Crippen LogP contribution in [0, 0.1) is 0 Å². The first kappa shape index (κ1) is 10.6. The Kier molecular flexibility index (Phi) is 8.18. The number of hydrogen-bond acceptors (Lipinski definition) is 3. The predicted molar refractivity (Wildman–Crippen MR) is 53.4 cm³/mol. The average molecular weight is 257 g/mol. The molecule has 4 heteroatoms. The van der Waals surface area contributed by atoms with Crippen LogP contribution in [0.1, 0.15) is 0 Å². The summed E-state index contributed by atoms with van der Waals surface area (Å²) in [7, 11) is 3.95. The Labute approximate surface area is 76.7 Å². The summed E-state index contributed by atoms with van der Waals surface area (Å²) in [5, 5.41) is 6.24. The van der Waals surface area contributed by atoms with Gasteiger partial charge in [0, 0.05) is 19.8 Å². The summed E-state index contributed by atoms with van der Waals surface area (Å²) in [4.78, 5) is 2.33. The van der Waals surface area contributed by atoms with Crippen LogP contribution in [-0.4, -0.2) is 43.3 Å². The molecule has 0 bridgehead atoms. The topological polar surface area (TPSA) is 27.3 Å². The van der Waals surface area contributed by atoms with Gasteiger partial charge < -0.3 is 10.6 Å². The quantitative estimate of drug-likeness (QED) is 0.305. The van der Waals surface area contributed by atoms with Crippen LogP contribution in [0.5, 0.6) is 0 Å². The molecule has 0 spiro atoms. The van der Waals surface area contributed by atoms with E-state index < -0.39 is 0 Å². The maximum absolute atomic E-state index is 3.12. The van der Waals surface area contributed by atoms with Crippen LogP contribution in [0.2, 0.25) is 0 Å². The minimum Gasteiger partial charge on any atom is -0.318 e. The van der Waals surface area contributed by atoms with Crippen molar-refractivity contribution in [3.63, 3.8) is 0 Å². The first-order chi connectivity index (χ1) is 4.85. The van der Waals surface area contributed by atoms with Gasteiger partial charge in [-0.05, 0) is 14.1 Å². The van der Waals surface area contributed by atoms with E-state index in [0.29, 0.717) is 0 Å². The van der Waals surface area contributed by atoms with Crippen LogP contribution in [-0.2, 0) is 0 Å². The molecule has 0 aromatic heterocycles. The number of nitrogens with one attached hydrogen (secondary N) is 2. The van der Waals surface area contributed by atoms with Gasteiger partial charge in [0.15, 0.2) is 0 Å². The van der Waals surface area contributed by atoms with Crippen molar-refractivity contribution in [2.75, 3.05) is 38.4 Å². The van der Waals surface area contributed by atoms with Crippen LogP contribution >= 0.6 is 22.6 Å². The van der Waals surface area contributed by atoms with E-state index in [9.17, 15) is 0 Å². The lowest BCUT2D eigenvalue weighted by atomic mass is 10.6. The number of halogens is 1. The molecular weight excluding hydrogens is 241 g/mol. The van der Waals surface area contributed by atoms with Gasteiger partial charge >= 0.3 is 0 Å². The molecule has 0 unspecified atom stereocenters. The lowest BCUT2D eigenvalue weighted by molar-refractivity contribution is 0.313. The lowest BCUT2D eigenvalue weighted by Crippen LogP contribution is -2.35. The Balaban J connectivity index is 3.21. The monoisotopic (exact) mass is 257 g/mol. The van der Waals surface area contributed by atoms with E-state index in [1.54, 1.807) is 0 Å². The van der Waals surface area contributed by atoms with Gasteiger partial charge in [-0.1, -0.05) is 22.6 Å². The zero-order chi connectivity index (χ0) is 7.82. The average Bonchev–Trinajstić information content (AvgIpc) is 1.98. The van der Waals surface area contributed by atoms with Crippen LogP contribution in [0.15, 0.2) is 0 Å². The summed E-state index contributed by atoms with van der Waals surface area (Å²) >= 11 is 2.37. The fraction of sp³-hybridized carbons (Fsp3) is 1.00. The van der Waals surface area contributed by atoms with Crippen molar-refractivity contribution in [3.05, 3.63) is 0 Å². The third kappa shape index (κ3) is 5.40. The smallest absolute Gasteiger partial charge is 0.0518 e. The molecule has 0 aromatic rings. The largest absolute Gasteiger partial charge is 0.318 e. The molecule has 0 fully saturated rings. The summed E-state index contributed by atoms with van der Waals surface area (Å²) in [6, 6.07) is 0. The summed E-state index contributed by atoms with van der Waals surface area (Å²) in [6.45, 7) is 3.15. The molecule has 0 aromatic carbocycles. The minimum atomic E-state index is 0.977. The van der Waals surface area contributed by atoms with E-state index in [0.717, 1.165) is 24.3 Å². The van der Waals surface area contributed by atoms with Gasteiger partial charge in [-0.25, -0.2) is 0 Å². The molecule has 0 amide bonds. The van der Waals surface area contributed by atoms with Gasteiger partial charge in [0.2, 0.25) is 0 Å². The van der Waals surface area contributed by atoms with Crippen molar-refractivity contribution in [2.24, 2.45) is 0 Å². The van der Waals surface area contributed by atoms with E-state index in [2.05, 4.69) is 38.1 Å². The van der Waals surface area contributed by atoms with E-state index in [4.69, 9.17) is 0 Å².